The quantitative estimate of drug-likeness (QED) is 0.651. The van der Waals surface area contributed by atoms with Crippen LogP contribution in [0.1, 0.15) is 15.9 Å². The van der Waals surface area contributed by atoms with Crippen LogP contribution in [0.2, 0.25) is 0 Å². The second-order valence-electron chi connectivity index (χ2n) is 5.16. The fraction of sp³-hybridized carbons (Fsp3) is 0.118. The molecule has 3 N–H and O–H groups in total. The van der Waals surface area contributed by atoms with Gasteiger partial charge in [-0.3, -0.25) is 0 Å². The van der Waals surface area contributed by atoms with E-state index < -0.39 is 5.97 Å². The van der Waals surface area contributed by atoms with E-state index in [4.69, 9.17) is 5.11 Å². The third kappa shape index (κ3) is 3.36. The van der Waals surface area contributed by atoms with Crippen LogP contribution >= 0.6 is 11.3 Å². The number of anilines is 3. The van der Waals surface area contributed by atoms with Gasteiger partial charge in [0.1, 0.15) is 11.6 Å². The van der Waals surface area contributed by atoms with Crippen LogP contribution in [0, 0.1) is 6.92 Å². The predicted octanol–water partition coefficient (Wildman–Crippen LogP) is 4.00. The van der Waals surface area contributed by atoms with Crippen molar-refractivity contribution in [1.82, 2.24) is 9.97 Å². The molecule has 0 aliphatic carbocycles. The summed E-state index contributed by atoms with van der Waals surface area (Å²) in [6.45, 7) is 1.78. The molecule has 0 radical (unpaired) electrons. The first kappa shape index (κ1) is 15.9. The maximum absolute atomic E-state index is 11.1. The van der Waals surface area contributed by atoms with E-state index in [0.717, 1.165) is 22.2 Å². The van der Waals surface area contributed by atoms with Gasteiger partial charge in [-0.2, -0.15) is 0 Å². The number of carbonyl (C=O) groups is 1. The molecule has 0 amide bonds. The second-order valence-corrected chi connectivity index (χ2v) is 6.01. The lowest BCUT2D eigenvalue weighted by Gasteiger charge is -2.04. The van der Waals surface area contributed by atoms with E-state index in [9.17, 15) is 4.79 Å². The summed E-state index contributed by atoms with van der Waals surface area (Å²) in [5, 5.41) is 17.9. The van der Waals surface area contributed by atoms with Gasteiger partial charge in [-0.15, -0.1) is 11.3 Å². The lowest BCUT2D eigenvalue weighted by molar-refractivity contribution is 0.0696. The van der Waals surface area contributed by atoms with Crippen LogP contribution in [0.5, 0.6) is 0 Å². The van der Waals surface area contributed by atoms with Crippen LogP contribution in [0.3, 0.4) is 0 Å². The standard InChI is InChI=1S/C17H16N4O2S/c1-10-8-11(6-7-12(10)16(22)23)13-9-24-17(19-13)21-15-5-3-4-14(18-2)20-15/h3-9H,1-2H3,(H,22,23)(H2,18,19,20,21). The van der Waals surface area contributed by atoms with Crippen LogP contribution in [-0.4, -0.2) is 28.1 Å². The Morgan fingerprint density at radius 2 is 1.96 bits per heavy atom. The molecule has 0 unspecified atom stereocenters. The first-order valence-corrected chi connectivity index (χ1v) is 8.16. The number of aromatic nitrogens is 2. The summed E-state index contributed by atoms with van der Waals surface area (Å²) in [6, 6.07) is 10.9. The fourth-order valence-electron chi connectivity index (χ4n) is 2.28. The number of aryl methyl sites for hydroxylation is 1. The summed E-state index contributed by atoms with van der Waals surface area (Å²) >= 11 is 1.47. The molecule has 6 nitrogen and oxygen atoms in total. The van der Waals surface area contributed by atoms with Gasteiger partial charge in [-0.05, 0) is 36.8 Å². The number of carboxylic acids is 1. The lowest BCUT2D eigenvalue weighted by Crippen LogP contribution is -1.99. The molecule has 1 aromatic carbocycles. The van der Waals surface area contributed by atoms with Crippen LogP contribution in [0.25, 0.3) is 11.3 Å². The Morgan fingerprint density at radius 1 is 1.17 bits per heavy atom. The van der Waals surface area contributed by atoms with Gasteiger partial charge in [-0.25, -0.2) is 14.8 Å². The highest BCUT2D eigenvalue weighted by Crippen LogP contribution is 2.28. The fourth-order valence-corrected chi connectivity index (χ4v) is 3.01. The normalized spacial score (nSPS) is 10.4. The Hall–Kier alpha value is -2.93. The van der Waals surface area contributed by atoms with E-state index in [-0.39, 0.29) is 0 Å². The van der Waals surface area contributed by atoms with Gasteiger partial charge in [-0.1, -0.05) is 12.1 Å². The molecule has 0 atom stereocenters. The number of hydrogen-bond acceptors (Lipinski definition) is 6. The van der Waals surface area contributed by atoms with Crippen molar-refractivity contribution in [3.63, 3.8) is 0 Å². The average molecular weight is 340 g/mol. The van der Waals surface area contributed by atoms with Crippen LogP contribution in [0.4, 0.5) is 16.8 Å². The number of benzene rings is 1. The SMILES string of the molecule is CNc1cccc(Nc2nc(-c3ccc(C(=O)O)c(C)c3)cs2)n1. The molecular formula is C17H16N4O2S. The largest absolute Gasteiger partial charge is 0.478 e. The highest BCUT2D eigenvalue weighted by molar-refractivity contribution is 7.14. The Morgan fingerprint density at radius 3 is 2.67 bits per heavy atom. The summed E-state index contributed by atoms with van der Waals surface area (Å²) in [4.78, 5) is 20.0. The number of nitrogens with one attached hydrogen (secondary N) is 2. The van der Waals surface area contributed by atoms with Gasteiger partial charge >= 0.3 is 5.97 Å². The van der Waals surface area contributed by atoms with Gasteiger partial charge in [0.15, 0.2) is 5.13 Å². The number of aromatic carboxylic acids is 1. The van der Waals surface area contributed by atoms with Crippen LogP contribution in [-0.2, 0) is 0 Å². The van der Waals surface area contributed by atoms with E-state index in [2.05, 4.69) is 20.6 Å². The Balaban J connectivity index is 1.82. The van der Waals surface area contributed by atoms with E-state index in [0.29, 0.717) is 16.9 Å². The molecule has 0 aliphatic rings. The van der Waals surface area contributed by atoms with Gasteiger partial charge < -0.3 is 15.7 Å². The highest BCUT2D eigenvalue weighted by atomic mass is 32.1. The molecule has 3 aromatic rings. The highest BCUT2D eigenvalue weighted by Gasteiger charge is 2.10. The average Bonchev–Trinajstić information content (AvgIpc) is 3.03. The minimum Gasteiger partial charge on any atom is -0.478 e. The summed E-state index contributed by atoms with van der Waals surface area (Å²) in [7, 11) is 1.82. The van der Waals surface area contributed by atoms with Crippen molar-refractivity contribution in [3.05, 3.63) is 52.9 Å². The zero-order valence-corrected chi connectivity index (χ0v) is 14.0. The molecule has 24 heavy (non-hydrogen) atoms. The smallest absolute Gasteiger partial charge is 0.335 e. The first-order chi connectivity index (χ1) is 11.6. The summed E-state index contributed by atoms with van der Waals surface area (Å²) in [5.74, 6) is 0.562. The summed E-state index contributed by atoms with van der Waals surface area (Å²) in [5.41, 5.74) is 2.71. The van der Waals surface area contributed by atoms with Crippen molar-refractivity contribution in [3.8, 4) is 11.3 Å². The molecule has 7 heteroatoms. The number of carboxylic acid groups (broad SMARTS) is 1. The minimum absolute atomic E-state index is 0.306. The van der Waals surface area contributed by atoms with Crippen molar-refractivity contribution in [2.24, 2.45) is 0 Å². The van der Waals surface area contributed by atoms with Gasteiger partial charge in [0.25, 0.3) is 0 Å². The molecule has 3 rings (SSSR count). The number of rotatable bonds is 5. The Kier molecular flexibility index (Phi) is 4.43. The molecule has 0 fully saturated rings. The van der Waals surface area contributed by atoms with Gasteiger partial charge in [0.2, 0.25) is 0 Å². The van der Waals surface area contributed by atoms with Crippen molar-refractivity contribution in [2.75, 3.05) is 17.7 Å². The summed E-state index contributed by atoms with van der Waals surface area (Å²) < 4.78 is 0. The molecule has 2 heterocycles. The van der Waals surface area contributed by atoms with Crippen molar-refractivity contribution >= 4 is 34.1 Å². The Labute approximate surface area is 143 Å². The molecular weight excluding hydrogens is 324 g/mol. The number of hydrogen-bond donors (Lipinski definition) is 3. The van der Waals surface area contributed by atoms with E-state index in [1.54, 1.807) is 19.1 Å². The molecule has 2 aromatic heterocycles. The zero-order chi connectivity index (χ0) is 17.1. The van der Waals surface area contributed by atoms with Gasteiger partial charge in [0.05, 0.1) is 11.3 Å². The van der Waals surface area contributed by atoms with Gasteiger partial charge in [0, 0.05) is 18.0 Å². The van der Waals surface area contributed by atoms with Crippen LogP contribution < -0.4 is 10.6 Å². The Bertz CT molecular complexity index is 892. The maximum Gasteiger partial charge on any atom is 0.335 e. The van der Waals surface area contributed by atoms with Crippen molar-refractivity contribution in [2.45, 2.75) is 6.92 Å². The number of thiazole rings is 1. The third-order valence-electron chi connectivity index (χ3n) is 3.50. The maximum atomic E-state index is 11.1. The van der Waals surface area contributed by atoms with Crippen molar-refractivity contribution < 1.29 is 9.90 Å². The monoisotopic (exact) mass is 340 g/mol. The molecule has 0 bridgehead atoms. The molecule has 0 saturated heterocycles. The molecule has 0 aliphatic heterocycles. The second kappa shape index (κ2) is 6.67. The lowest BCUT2D eigenvalue weighted by atomic mass is 10.0. The van der Waals surface area contributed by atoms with E-state index in [1.165, 1.54) is 11.3 Å². The predicted molar refractivity (Wildman–Crippen MR) is 96.3 cm³/mol. The third-order valence-corrected chi connectivity index (χ3v) is 4.25. The van der Waals surface area contributed by atoms with E-state index in [1.807, 2.05) is 36.7 Å². The van der Waals surface area contributed by atoms with Crippen LogP contribution in [0.15, 0.2) is 41.8 Å². The minimum atomic E-state index is -0.921. The molecule has 122 valence electrons. The number of pyridine rings is 1. The molecule has 0 spiro atoms. The summed E-state index contributed by atoms with van der Waals surface area (Å²) in [6.07, 6.45) is 0. The number of nitrogens with zero attached hydrogens (tertiary/aromatic N) is 2. The zero-order valence-electron chi connectivity index (χ0n) is 13.2. The molecule has 0 saturated carbocycles. The van der Waals surface area contributed by atoms with Crippen molar-refractivity contribution in [1.29, 1.82) is 0 Å². The topological polar surface area (TPSA) is 87.1 Å². The van der Waals surface area contributed by atoms with E-state index >= 15 is 0 Å². The first-order valence-electron chi connectivity index (χ1n) is 7.28.